The Balaban J connectivity index is 2.29. The molecule has 0 spiro atoms. The maximum Gasteiger partial charge on any atom is 0.165 e. The van der Waals surface area contributed by atoms with E-state index in [4.69, 9.17) is 16.3 Å². The van der Waals surface area contributed by atoms with Crippen LogP contribution in [0.4, 0.5) is 0 Å². The number of phenols is 2. The lowest BCUT2D eigenvalue weighted by Crippen LogP contribution is -2.37. The van der Waals surface area contributed by atoms with Gasteiger partial charge in [-0.2, -0.15) is 0 Å². The smallest absolute Gasteiger partial charge is 0.165 e. The van der Waals surface area contributed by atoms with E-state index in [9.17, 15) is 15.0 Å². The molecule has 0 bridgehead atoms. The summed E-state index contributed by atoms with van der Waals surface area (Å²) < 4.78 is 5.21. The molecule has 0 amide bonds. The molecular formula is C23H29ClO4. The molecule has 0 fully saturated rings. The number of aromatic hydroxyl groups is 2. The minimum atomic E-state index is -0.262. The van der Waals surface area contributed by atoms with Crippen molar-refractivity contribution in [1.29, 1.82) is 0 Å². The highest BCUT2D eigenvalue weighted by Gasteiger charge is 2.39. The van der Waals surface area contributed by atoms with Crippen LogP contribution in [0.5, 0.6) is 17.2 Å². The van der Waals surface area contributed by atoms with Gasteiger partial charge >= 0.3 is 0 Å². The zero-order chi connectivity index (χ0) is 21.2. The van der Waals surface area contributed by atoms with E-state index < -0.39 is 0 Å². The van der Waals surface area contributed by atoms with Crippen molar-refractivity contribution in [2.75, 3.05) is 7.11 Å². The molecule has 1 aliphatic rings. The highest BCUT2D eigenvalue weighted by atomic mass is 35.5. The number of hydrogen-bond acceptors (Lipinski definition) is 4. The van der Waals surface area contributed by atoms with Gasteiger partial charge in [-0.3, -0.25) is 4.79 Å². The molecule has 0 radical (unpaired) electrons. The molecule has 0 aliphatic heterocycles. The van der Waals surface area contributed by atoms with E-state index in [-0.39, 0.29) is 45.3 Å². The van der Waals surface area contributed by atoms with Crippen molar-refractivity contribution in [3.8, 4) is 17.2 Å². The third-order valence-electron chi connectivity index (χ3n) is 6.09. The molecule has 2 rings (SSSR count). The third-order valence-corrected chi connectivity index (χ3v) is 6.55. The van der Waals surface area contributed by atoms with Crippen molar-refractivity contribution in [2.45, 2.75) is 41.0 Å². The third kappa shape index (κ3) is 3.97. The van der Waals surface area contributed by atoms with Crippen LogP contribution in [0.1, 0.15) is 38.8 Å². The van der Waals surface area contributed by atoms with Crippen LogP contribution >= 0.6 is 11.6 Å². The minimum Gasteiger partial charge on any atom is -0.506 e. The highest BCUT2D eigenvalue weighted by Crippen LogP contribution is 2.45. The summed E-state index contributed by atoms with van der Waals surface area (Å²) in [5.41, 5.74) is 1.51. The second-order valence-corrected chi connectivity index (χ2v) is 8.15. The summed E-state index contributed by atoms with van der Waals surface area (Å²) in [6, 6.07) is 0. The molecule has 28 heavy (non-hydrogen) atoms. The van der Waals surface area contributed by atoms with Crippen molar-refractivity contribution in [3.05, 3.63) is 52.1 Å². The first-order chi connectivity index (χ1) is 13.0. The van der Waals surface area contributed by atoms with Crippen LogP contribution in [0.25, 0.3) is 0 Å². The SMILES string of the molecule is COc1c(C)c(Cl)c(O)c(C/C=C(C)/C=C/C2(C)C(C)C=CC(=O)C2C)c1O. The number of ether oxygens (including phenoxy) is 1. The lowest BCUT2D eigenvalue weighted by atomic mass is 9.64. The molecule has 0 saturated heterocycles. The Morgan fingerprint density at radius 1 is 1.32 bits per heavy atom. The van der Waals surface area contributed by atoms with Crippen LogP contribution in [0.3, 0.4) is 0 Å². The van der Waals surface area contributed by atoms with Crippen LogP contribution in [-0.4, -0.2) is 23.1 Å². The predicted molar refractivity (Wildman–Crippen MR) is 113 cm³/mol. The molecule has 3 unspecified atom stereocenters. The topological polar surface area (TPSA) is 66.8 Å². The van der Waals surface area contributed by atoms with Gasteiger partial charge in [0.05, 0.1) is 12.1 Å². The number of allylic oxidation sites excluding steroid dienone is 6. The molecular weight excluding hydrogens is 376 g/mol. The molecule has 0 heterocycles. The number of methoxy groups -OCH3 is 1. The van der Waals surface area contributed by atoms with E-state index in [1.165, 1.54) is 7.11 Å². The van der Waals surface area contributed by atoms with Gasteiger partial charge in [-0.05, 0) is 32.3 Å². The fraction of sp³-hybridized carbons (Fsp3) is 0.435. The van der Waals surface area contributed by atoms with Crippen LogP contribution in [0.15, 0.2) is 36.0 Å². The predicted octanol–water partition coefficient (Wildman–Crippen LogP) is 5.53. The standard InChI is InChI=1S/C23H29ClO4/c1-13(11-12-23(5)14(2)8-10-18(25)16(23)4)7-9-17-20(26)19(24)15(3)22(28-6)21(17)27/h7-8,10-12,14,16,26-27H,9H2,1-6H3/b12-11+,13-7+. The number of hydrogen-bond donors (Lipinski definition) is 2. The number of rotatable bonds is 5. The van der Waals surface area contributed by atoms with Gasteiger partial charge in [0, 0.05) is 22.5 Å². The monoisotopic (exact) mass is 404 g/mol. The molecule has 2 N–H and O–H groups in total. The van der Waals surface area contributed by atoms with Crippen LogP contribution in [-0.2, 0) is 11.2 Å². The Morgan fingerprint density at radius 3 is 2.57 bits per heavy atom. The van der Waals surface area contributed by atoms with E-state index in [2.05, 4.69) is 19.9 Å². The summed E-state index contributed by atoms with van der Waals surface area (Å²) in [6.07, 6.45) is 9.90. The van der Waals surface area contributed by atoms with Gasteiger partial charge in [0.25, 0.3) is 0 Å². The second-order valence-electron chi connectivity index (χ2n) is 7.77. The van der Waals surface area contributed by atoms with Gasteiger partial charge in [0.1, 0.15) is 5.75 Å². The Hall–Kier alpha value is -2.20. The quantitative estimate of drug-likeness (QED) is 0.633. The number of halogens is 1. The average molecular weight is 405 g/mol. The molecule has 1 aromatic rings. The van der Waals surface area contributed by atoms with Crippen molar-refractivity contribution in [3.63, 3.8) is 0 Å². The Morgan fingerprint density at radius 2 is 1.96 bits per heavy atom. The molecule has 1 aliphatic carbocycles. The number of benzene rings is 1. The Bertz CT molecular complexity index is 866. The van der Waals surface area contributed by atoms with Crippen molar-refractivity contribution in [1.82, 2.24) is 0 Å². The number of carbonyl (C=O) groups excluding carboxylic acids is 1. The summed E-state index contributed by atoms with van der Waals surface area (Å²) in [5.74, 6) is 0.322. The largest absolute Gasteiger partial charge is 0.506 e. The Labute approximate surface area is 172 Å². The Kier molecular flexibility index (Phi) is 6.66. The molecule has 3 atom stereocenters. The first kappa shape index (κ1) is 22.1. The van der Waals surface area contributed by atoms with E-state index in [0.29, 0.717) is 17.5 Å². The van der Waals surface area contributed by atoms with Crippen molar-refractivity contribution in [2.24, 2.45) is 17.3 Å². The maximum absolute atomic E-state index is 12.1. The van der Waals surface area contributed by atoms with Crippen molar-refractivity contribution >= 4 is 17.4 Å². The summed E-state index contributed by atoms with van der Waals surface area (Å²) in [6.45, 7) is 9.78. The van der Waals surface area contributed by atoms with Crippen LogP contribution < -0.4 is 4.74 Å². The lowest BCUT2D eigenvalue weighted by molar-refractivity contribution is -0.121. The van der Waals surface area contributed by atoms with Gasteiger partial charge in [-0.25, -0.2) is 0 Å². The number of carbonyl (C=O) groups is 1. The minimum absolute atomic E-state index is 0.0928. The molecule has 4 nitrogen and oxygen atoms in total. The fourth-order valence-electron chi connectivity index (χ4n) is 3.51. The van der Waals surface area contributed by atoms with Gasteiger partial charge < -0.3 is 14.9 Å². The lowest BCUT2D eigenvalue weighted by Gasteiger charge is -2.38. The van der Waals surface area contributed by atoms with E-state index in [1.54, 1.807) is 13.0 Å². The summed E-state index contributed by atoms with van der Waals surface area (Å²) in [4.78, 5) is 12.1. The maximum atomic E-state index is 12.1. The van der Waals surface area contributed by atoms with E-state index in [0.717, 1.165) is 5.57 Å². The molecule has 1 aromatic carbocycles. The zero-order valence-electron chi connectivity index (χ0n) is 17.3. The van der Waals surface area contributed by atoms with Gasteiger partial charge in [0.15, 0.2) is 17.3 Å². The molecule has 0 aromatic heterocycles. The van der Waals surface area contributed by atoms with Gasteiger partial charge in [-0.15, -0.1) is 0 Å². The molecule has 152 valence electrons. The first-order valence-electron chi connectivity index (χ1n) is 9.39. The van der Waals surface area contributed by atoms with Crippen LogP contribution in [0, 0.1) is 24.2 Å². The summed E-state index contributed by atoms with van der Waals surface area (Å²) in [7, 11) is 1.45. The van der Waals surface area contributed by atoms with Crippen molar-refractivity contribution < 1.29 is 19.7 Å². The van der Waals surface area contributed by atoms with Gasteiger partial charge in [0.2, 0.25) is 0 Å². The van der Waals surface area contributed by atoms with Crippen LogP contribution in [0.2, 0.25) is 5.02 Å². The average Bonchev–Trinajstić information content (AvgIpc) is 2.66. The molecule has 5 heteroatoms. The number of phenolic OH excluding ortho intramolecular Hbond substituents is 2. The molecule has 0 saturated carbocycles. The summed E-state index contributed by atoms with van der Waals surface area (Å²) in [5, 5.41) is 20.9. The van der Waals surface area contributed by atoms with E-state index in [1.807, 2.05) is 32.1 Å². The van der Waals surface area contributed by atoms with Gasteiger partial charge in [-0.1, -0.05) is 62.2 Å². The second kappa shape index (κ2) is 8.44. The first-order valence-corrected chi connectivity index (χ1v) is 9.77. The van der Waals surface area contributed by atoms with E-state index >= 15 is 0 Å². The summed E-state index contributed by atoms with van der Waals surface area (Å²) >= 11 is 6.17. The zero-order valence-corrected chi connectivity index (χ0v) is 18.1. The number of ketones is 1. The fourth-order valence-corrected chi connectivity index (χ4v) is 3.71. The normalized spacial score (nSPS) is 25.5. The highest BCUT2D eigenvalue weighted by molar-refractivity contribution is 6.33.